The summed E-state index contributed by atoms with van der Waals surface area (Å²) in [7, 11) is -3.75. The van der Waals surface area contributed by atoms with Crippen molar-refractivity contribution in [3.63, 3.8) is 0 Å². The first-order valence-corrected chi connectivity index (χ1v) is 11.9. The van der Waals surface area contributed by atoms with Gasteiger partial charge in [0.05, 0.1) is 10.4 Å². The van der Waals surface area contributed by atoms with Crippen molar-refractivity contribution in [3.05, 3.63) is 30.5 Å². The van der Waals surface area contributed by atoms with Gasteiger partial charge in [-0.15, -0.1) is 0 Å². The number of carbonyl (C=O) groups excluding carboxylic acids is 2. The Bertz CT molecular complexity index is 1120. The molecule has 0 atom stereocenters. The summed E-state index contributed by atoms with van der Waals surface area (Å²) >= 11 is 0. The van der Waals surface area contributed by atoms with Crippen LogP contribution in [0, 0.1) is 0 Å². The molecule has 1 aromatic heterocycles. The van der Waals surface area contributed by atoms with Crippen molar-refractivity contribution < 1.29 is 27.5 Å². The monoisotopic (exact) mass is 465 g/mol. The van der Waals surface area contributed by atoms with Crippen LogP contribution in [0.3, 0.4) is 0 Å². The van der Waals surface area contributed by atoms with Crippen molar-refractivity contribution in [2.24, 2.45) is 0 Å². The van der Waals surface area contributed by atoms with Crippen LogP contribution in [0.15, 0.2) is 35.4 Å². The van der Waals surface area contributed by atoms with Gasteiger partial charge in [-0.2, -0.15) is 4.31 Å². The molecule has 10 heteroatoms. The van der Waals surface area contributed by atoms with Gasteiger partial charge in [-0.25, -0.2) is 18.0 Å². The molecule has 32 heavy (non-hydrogen) atoms. The third-order valence-electron chi connectivity index (χ3n) is 4.78. The van der Waals surface area contributed by atoms with Crippen molar-refractivity contribution in [1.82, 2.24) is 13.8 Å². The third-order valence-corrected chi connectivity index (χ3v) is 6.67. The van der Waals surface area contributed by atoms with E-state index in [1.165, 1.54) is 19.8 Å². The summed E-state index contributed by atoms with van der Waals surface area (Å²) in [5.41, 5.74) is -0.683. The SMILES string of the molecule is CC(C)(C)OC(=O)N1CCN(S(=O)(=O)c2ccc3c(ccn3C(=O)OC(C)(C)C)c2)CC1. The maximum Gasteiger partial charge on any atom is 0.418 e. The van der Waals surface area contributed by atoms with Gasteiger partial charge >= 0.3 is 12.2 Å². The summed E-state index contributed by atoms with van der Waals surface area (Å²) < 4.78 is 39.8. The molecule has 0 spiro atoms. The van der Waals surface area contributed by atoms with E-state index in [-0.39, 0.29) is 31.1 Å². The summed E-state index contributed by atoms with van der Waals surface area (Å²) in [5.74, 6) is 0. The van der Waals surface area contributed by atoms with Crippen LogP contribution in [0.25, 0.3) is 10.9 Å². The number of benzene rings is 1. The molecule has 0 unspecified atom stereocenters. The molecule has 1 fully saturated rings. The smallest absolute Gasteiger partial charge is 0.418 e. The van der Waals surface area contributed by atoms with Gasteiger partial charge in [-0.1, -0.05) is 0 Å². The van der Waals surface area contributed by atoms with Crippen molar-refractivity contribution in [2.45, 2.75) is 57.6 Å². The predicted molar refractivity (Wildman–Crippen MR) is 120 cm³/mol. The third kappa shape index (κ3) is 5.42. The molecule has 176 valence electrons. The largest absolute Gasteiger partial charge is 0.444 e. The standard InChI is InChI=1S/C22H31N3O6S/c1-21(2,3)30-19(26)23-11-13-24(14-12-23)32(28,29)17-7-8-18-16(15-17)9-10-25(18)20(27)31-22(4,5)6/h7-10,15H,11-14H2,1-6H3. The molecule has 0 radical (unpaired) electrons. The van der Waals surface area contributed by atoms with Crippen LogP contribution in [0.1, 0.15) is 41.5 Å². The average molecular weight is 466 g/mol. The van der Waals surface area contributed by atoms with Gasteiger partial charge in [0, 0.05) is 37.8 Å². The van der Waals surface area contributed by atoms with E-state index >= 15 is 0 Å². The van der Waals surface area contributed by atoms with Crippen LogP contribution in [0.4, 0.5) is 9.59 Å². The van der Waals surface area contributed by atoms with Gasteiger partial charge in [0.15, 0.2) is 0 Å². The summed E-state index contributed by atoms with van der Waals surface area (Å²) in [5, 5.41) is 0.615. The van der Waals surface area contributed by atoms with E-state index in [1.807, 2.05) is 0 Å². The Morgan fingerprint density at radius 2 is 1.41 bits per heavy atom. The molecule has 1 aliphatic rings. The number of nitrogens with zero attached hydrogens (tertiary/aromatic N) is 3. The van der Waals surface area contributed by atoms with Crippen LogP contribution in [-0.2, 0) is 19.5 Å². The first-order chi connectivity index (χ1) is 14.7. The maximum atomic E-state index is 13.2. The summed E-state index contributed by atoms with van der Waals surface area (Å²) in [4.78, 5) is 26.3. The lowest BCUT2D eigenvalue weighted by atomic mass is 10.2. The van der Waals surface area contributed by atoms with Crippen LogP contribution < -0.4 is 0 Å². The highest BCUT2D eigenvalue weighted by Gasteiger charge is 2.32. The molecule has 2 aromatic rings. The zero-order chi connectivity index (χ0) is 23.9. The molecular weight excluding hydrogens is 434 g/mol. The van der Waals surface area contributed by atoms with Crippen molar-refractivity contribution in [2.75, 3.05) is 26.2 Å². The summed E-state index contributed by atoms with van der Waals surface area (Å²) in [6, 6.07) is 6.31. The van der Waals surface area contributed by atoms with E-state index in [1.54, 1.807) is 65.9 Å². The first kappa shape index (κ1) is 24.1. The Balaban J connectivity index is 1.74. The number of ether oxygens (including phenoxy) is 2. The minimum absolute atomic E-state index is 0.137. The number of piperazine rings is 1. The van der Waals surface area contributed by atoms with Gasteiger partial charge in [-0.05, 0) is 65.8 Å². The molecule has 1 amide bonds. The van der Waals surface area contributed by atoms with Crippen LogP contribution in [-0.4, -0.2) is 71.8 Å². The zero-order valence-electron chi connectivity index (χ0n) is 19.4. The highest BCUT2D eigenvalue weighted by atomic mass is 32.2. The second-order valence-electron chi connectivity index (χ2n) is 9.76. The summed E-state index contributed by atoms with van der Waals surface area (Å²) in [6.07, 6.45) is 0.593. The summed E-state index contributed by atoms with van der Waals surface area (Å²) in [6.45, 7) is 11.6. The molecule has 0 aliphatic carbocycles. The Morgan fingerprint density at radius 3 is 1.97 bits per heavy atom. The van der Waals surface area contributed by atoms with Crippen molar-refractivity contribution >= 4 is 33.1 Å². The number of hydrogen-bond donors (Lipinski definition) is 0. The first-order valence-electron chi connectivity index (χ1n) is 10.5. The lowest BCUT2D eigenvalue weighted by Gasteiger charge is -2.35. The minimum Gasteiger partial charge on any atom is -0.444 e. The number of sulfonamides is 1. The van der Waals surface area contributed by atoms with Crippen molar-refractivity contribution in [1.29, 1.82) is 0 Å². The fraction of sp³-hybridized carbons (Fsp3) is 0.545. The van der Waals surface area contributed by atoms with Gasteiger partial charge < -0.3 is 14.4 Å². The van der Waals surface area contributed by atoms with Gasteiger partial charge in [0.2, 0.25) is 10.0 Å². The number of fused-ring (bicyclic) bond motifs is 1. The fourth-order valence-electron chi connectivity index (χ4n) is 3.34. The molecule has 1 saturated heterocycles. The van der Waals surface area contributed by atoms with E-state index in [2.05, 4.69) is 0 Å². The number of amides is 1. The molecule has 1 aromatic carbocycles. The molecule has 0 bridgehead atoms. The Kier molecular flexibility index (Phi) is 6.32. The minimum atomic E-state index is -3.75. The molecule has 0 N–H and O–H groups in total. The number of carbonyl (C=O) groups is 2. The average Bonchev–Trinajstić information content (AvgIpc) is 3.09. The molecular formula is C22H31N3O6S. The Morgan fingerprint density at radius 1 is 0.844 bits per heavy atom. The van der Waals surface area contributed by atoms with E-state index < -0.39 is 33.4 Å². The molecule has 3 rings (SSSR count). The van der Waals surface area contributed by atoms with Gasteiger partial charge in [-0.3, -0.25) is 4.57 Å². The van der Waals surface area contributed by atoms with Crippen molar-refractivity contribution in [3.8, 4) is 0 Å². The molecule has 9 nitrogen and oxygen atoms in total. The van der Waals surface area contributed by atoms with Crippen LogP contribution >= 0.6 is 0 Å². The Hall–Kier alpha value is -2.59. The number of hydrogen-bond acceptors (Lipinski definition) is 6. The zero-order valence-corrected chi connectivity index (χ0v) is 20.2. The molecule has 1 aliphatic heterocycles. The van der Waals surface area contributed by atoms with Crippen LogP contribution in [0.5, 0.6) is 0 Å². The van der Waals surface area contributed by atoms with E-state index in [0.29, 0.717) is 10.9 Å². The maximum absolute atomic E-state index is 13.2. The highest BCUT2D eigenvalue weighted by Crippen LogP contribution is 2.25. The van der Waals surface area contributed by atoms with E-state index in [4.69, 9.17) is 9.47 Å². The lowest BCUT2D eigenvalue weighted by molar-refractivity contribution is 0.0192. The fourth-order valence-corrected chi connectivity index (χ4v) is 4.80. The second-order valence-corrected chi connectivity index (χ2v) is 11.7. The highest BCUT2D eigenvalue weighted by molar-refractivity contribution is 7.89. The quantitative estimate of drug-likeness (QED) is 0.671. The normalized spacial score (nSPS) is 16.2. The molecule has 2 heterocycles. The van der Waals surface area contributed by atoms with E-state index in [0.717, 1.165) is 0 Å². The van der Waals surface area contributed by atoms with Crippen LogP contribution in [0.2, 0.25) is 0 Å². The van der Waals surface area contributed by atoms with Gasteiger partial charge in [0.25, 0.3) is 0 Å². The topological polar surface area (TPSA) is 98.1 Å². The molecule has 0 saturated carbocycles. The van der Waals surface area contributed by atoms with Gasteiger partial charge in [0.1, 0.15) is 11.2 Å². The predicted octanol–water partition coefficient (Wildman–Crippen LogP) is 3.67. The second kappa shape index (κ2) is 8.40. The number of rotatable bonds is 2. The number of aromatic nitrogens is 1. The lowest BCUT2D eigenvalue weighted by Crippen LogP contribution is -2.51. The van der Waals surface area contributed by atoms with E-state index in [9.17, 15) is 18.0 Å². The Labute approximate surface area is 188 Å².